The minimum Gasteiger partial charge on any atom is -0.487 e. The molecule has 2 aromatic carbocycles. The standard InChI is InChI=1S/C23H19NO4/c25-20(18-9-11-22-23(15-18)27-14-13-26-22)10-8-17-5-1-2-7-21(17)28-16-19-6-3-4-12-24-19/h1-12,15H,13-14,16H2/b10-8+. The van der Waals surface area contributed by atoms with Crippen molar-refractivity contribution in [3.05, 3.63) is 89.8 Å². The Labute approximate surface area is 163 Å². The van der Waals surface area contributed by atoms with Gasteiger partial charge in [-0.1, -0.05) is 24.3 Å². The highest BCUT2D eigenvalue weighted by molar-refractivity contribution is 6.07. The van der Waals surface area contributed by atoms with Crippen molar-refractivity contribution in [2.75, 3.05) is 13.2 Å². The maximum Gasteiger partial charge on any atom is 0.185 e. The molecular formula is C23H19NO4. The topological polar surface area (TPSA) is 57.7 Å². The van der Waals surface area contributed by atoms with Gasteiger partial charge in [0, 0.05) is 17.3 Å². The number of carbonyl (C=O) groups is 1. The second-order valence-corrected chi connectivity index (χ2v) is 6.20. The van der Waals surface area contributed by atoms with Gasteiger partial charge >= 0.3 is 0 Å². The van der Waals surface area contributed by atoms with E-state index in [1.165, 1.54) is 6.08 Å². The number of nitrogens with zero attached hydrogens (tertiary/aromatic N) is 1. The van der Waals surface area contributed by atoms with Crippen molar-refractivity contribution >= 4 is 11.9 Å². The molecule has 0 amide bonds. The summed E-state index contributed by atoms with van der Waals surface area (Å²) in [6.45, 7) is 1.37. The van der Waals surface area contributed by atoms with Crippen LogP contribution in [0.4, 0.5) is 0 Å². The lowest BCUT2D eigenvalue weighted by atomic mass is 10.1. The van der Waals surface area contributed by atoms with Crippen LogP contribution < -0.4 is 14.2 Å². The van der Waals surface area contributed by atoms with Gasteiger partial charge in [0.2, 0.25) is 0 Å². The molecule has 1 aliphatic rings. The molecule has 5 nitrogen and oxygen atoms in total. The number of para-hydroxylation sites is 1. The summed E-state index contributed by atoms with van der Waals surface area (Å²) in [5, 5.41) is 0. The summed E-state index contributed by atoms with van der Waals surface area (Å²) in [6, 6.07) is 18.5. The van der Waals surface area contributed by atoms with Crippen molar-refractivity contribution in [2.45, 2.75) is 6.61 Å². The van der Waals surface area contributed by atoms with Gasteiger partial charge in [-0.3, -0.25) is 9.78 Å². The molecule has 28 heavy (non-hydrogen) atoms. The van der Waals surface area contributed by atoms with Gasteiger partial charge in [0.1, 0.15) is 25.6 Å². The van der Waals surface area contributed by atoms with Crippen molar-refractivity contribution < 1.29 is 19.0 Å². The highest BCUT2D eigenvalue weighted by Gasteiger charge is 2.14. The van der Waals surface area contributed by atoms with Crippen molar-refractivity contribution in [1.29, 1.82) is 0 Å². The van der Waals surface area contributed by atoms with Crippen LogP contribution in [0.3, 0.4) is 0 Å². The molecule has 0 atom stereocenters. The van der Waals surface area contributed by atoms with Crippen LogP contribution in [-0.2, 0) is 6.61 Å². The van der Waals surface area contributed by atoms with Crippen LogP contribution in [-0.4, -0.2) is 24.0 Å². The molecule has 3 aromatic rings. The van der Waals surface area contributed by atoms with E-state index in [-0.39, 0.29) is 5.78 Å². The number of rotatable bonds is 6. The fourth-order valence-electron chi connectivity index (χ4n) is 2.84. The molecule has 0 radical (unpaired) electrons. The first-order valence-electron chi connectivity index (χ1n) is 9.03. The Morgan fingerprint density at radius 3 is 2.68 bits per heavy atom. The molecule has 0 aliphatic carbocycles. The van der Waals surface area contributed by atoms with E-state index in [4.69, 9.17) is 14.2 Å². The Kier molecular flexibility index (Phi) is 5.33. The Morgan fingerprint density at radius 2 is 1.82 bits per heavy atom. The van der Waals surface area contributed by atoms with Gasteiger partial charge in [-0.2, -0.15) is 0 Å². The molecule has 0 bridgehead atoms. The van der Waals surface area contributed by atoms with Crippen molar-refractivity contribution in [1.82, 2.24) is 4.98 Å². The van der Waals surface area contributed by atoms with E-state index in [9.17, 15) is 4.79 Å². The van der Waals surface area contributed by atoms with Gasteiger partial charge < -0.3 is 14.2 Å². The summed E-state index contributed by atoms with van der Waals surface area (Å²) in [5.41, 5.74) is 2.21. The van der Waals surface area contributed by atoms with Crippen LogP contribution in [0.5, 0.6) is 17.2 Å². The summed E-state index contributed by atoms with van der Waals surface area (Å²) in [7, 11) is 0. The smallest absolute Gasteiger partial charge is 0.185 e. The fourth-order valence-corrected chi connectivity index (χ4v) is 2.84. The van der Waals surface area contributed by atoms with E-state index in [0.717, 1.165) is 11.3 Å². The Balaban J connectivity index is 1.47. The monoisotopic (exact) mass is 373 g/mol. The molecule has 0 N–H and O–H groups in total. The van der Waals surface area contributed by atoms with E-state index in [0.29, 0.717) is 42.6 Å². The minimum atomic E-state index is -0.114. The lowest BCUT2D eigenvalue weighted by molar-refractivity contribution is 0.104. The van der Waals surface area contributed by atoms with E-state index >= 15 is 0 Å². The maximum absolute atomic E-state index is 12.6. The zero-order valence-corrected chi connectivity index (χ0v) is 15.2. The van der Waals surface area contributed by atoms with Gasteiger partial charge in [0.05, 0.1) is 5.69 Å². The Bertz CT molecular complexity index is 998. The van der Waals surface area contributed by atoms with Crippen molar-refractivity contribution in [3.63, 3.8) is 0 Å². The molecule has 1 aromatic heterocycles. The number of pyridine rings is 1. The average Bonchev–Trinajstić information content (AvgIpc) is 2.77. The van der Waals surface area contributed by atoms with Gasteiger partial charge in [-0.25, -0.2) is 0 Å². The van der Waals surface area contributed by atoms with Gasteiger partial charge in [0.15, 0.2) is 17.3 Å². The normalized spacial score (nSPS) is 12.7. The third-order valence-electron chi connectivity index (χ3n) is 4.26. The number of allylic oxidation sites excluding steroid dienone is 1. The van der Waals surface area contributed by atoms with E-state index in [1.807, 2.05) is 42.5 Å². The first-order chi connectivity index (χ1) is 13.8. The van der Waals surface area contributed by atoms with Crippen LogP contribution in [0.2, 0.25) is 0 Å². The molecule has 1 aliphatic heterocycles. The lowest BCUT2D eigenvalue weighted by Crippen LogP contribution is -2.15. The molecular weight excluding hydrogens is 354 g/mol. The number of benzene rings is 2. The van der Waals surface area contributed by atoms with E-state index in [2.05, 4.69) is 4.98 Å². The van der Waals surface area contributed by atoms with Crippen molar-refractivity contribution in [3.8, 4) is 17.2 Å². The second-order valence-electron chi connectivity index (χ2n) is 6.20. The lowest BCUT2D eigenvalue weighted by Gasteiger charge is -2.18. The van der Waals surface area contributed by atoms with Crippen LogP contribution in [0, 0.1) is 0 Å². The maximum atomic E-state index is 12.6. The molecule has 0 saturated carbocycles. The molecule has 2 heterocycles. The predicted molar refractivity (Wildman–Crippen MR) is 106 cm³/mol. The summed E-state index contributed by atoms with van der Waals surface area (Å²) in [5.74, 6) is 1.85. The zero-order valence-electron chi connectivity index (χ0n) is 15.2. The van der Waals surface area contributed by atoms with Crippen LogP contribution >= 0.6 is 0 Å². The SMILES string of the molecule is O=C(/C=C/c1ccccc1OCc1ccccn1)c1ccc2c(c1)OCCO2. The quantitative estimate of drug-likeness (QED) is 0.476. The van der Waals surface area contributed by atoms with Gasteiger partial charge in [-0.05, 0) is 48.6 Å². The average molecular weight is 373 g/mol. The molecule has 0 spiro atoms. The van der Waals surface area contributed by atoms with Crippen molar-refractivity contribution in [2.24, 2.45) is 0 Å². The third-order valence-corrected chi connectivity index (χ3v) is 4.26. The fraction of sp³-hybridized carbons (Fsp3) is 0.130. The largest absolute Gasteiger partial charge is 0.487 e. The number of carbonyl (C=O) groups excluding carboxylic acids is 1. The Hall–Kier alpha value is -3.60. The highest BCUT2D eigenvalue weighted by Crippen LogP contribution is 2.31. The van der Waals surface area contributed by atoms with E-state index < -0.39 is 0 Å². The first-order valence-corrected chi connectivity index (χ1v) is 9.03. The zero-order chi connectivity index (χ0) is 19.2. The number of hydrogen-bond acceptors (Lipinski definition) is 5. The molecule has 0 fully saturated rings. The predicted octanol–water partition coefficient (Wildman–Crippen LogP) is 4.33. The number of aromatic nitrogens is 1. The number of ketones is 1. The molecule has 4 rings (SSSR count). The first kappa shape index (κ1) is 17.8. The summed E-state index contributed by atoms with van der Waals surface area (Å²) < 4.78 is 16.9. The molecule has 140 valence electrons. The second kappa shape index (κ2) is 8.39. The third kappa shape index (κ3) is 4.20. The van der Waals surface area contributed by atoms with Gasteiger partial charge in [0.25, 0.3) is 0 Å². The molecule has 0 unspecified atom stereocenters. The number of ether oxygens (including phenoxy) is 3. The van der Waals surface area contributed by atoms with E-state index in [1.54, 1.807) is 30.5 Å². The van der Waals surface area contributed by atoms with Crippen LogP contribution in [0.25, 0.3) is 6.08 Å². The molecule has 5 heteroatoms. The van der Waals surface area contributed by atoms with Gasteiger partial charge in [-0.15, -0.1) is 0 Å². The summed E-state index contributed by atoms with van der Waals surface area (Å²) >= 11 is 0. The highest BCUT2D eigenvalue weighted by atomic mass is 16.6. The van der Waals surface area contributed by atoms with Crippen LogP contribution in [0.1, 0.15) is 21.6 Å². The number of hydrogen-bond donors (Lipinski definition) is 0. The summed E-state index contributed by atoms with van der Waals surface area (Å²) in [4.78, 5) is 16.8. The summed E-state index contributed by atoms with van der Waals surface area (Å²) in [6.07, 6.45) is 5.03. The Morgan fingerprint density at radius 1 is 1.00 bits per heavy atom. The van der Waals surface area contributed by atoms with Crippen LogP contribution in [0.15, 0.2) is 72.9 Å². The minimum absolute atomic E-state index is 0.114. The number of fused-ring (bicyclic) bond motifs is 1. The molecule has 0 saturated heterocycles.